The maximum absolute atomic E-state index is 4.27. The maximum Gasteiger partial charge on any atom is 0.107 e. The standard InChI is InChI=1S/C11H15BrN2/c12-10(6-11-13-1-2-14-11)9-4-7-3-8(7)5-9/h1-2,7-10H,3-6H2,(H,13,14). The van der Waals surface area contributed by atoms with Gasteiger partial charge >= 0.3 is 0 Å². The number of nitrogens with one attached hydrogen (secondary N) is 1. The van der Waals surface area contributed by atoms with Gasteiger partial charge in [0.05, 0.1) is 0 Å². The van der Waals surface area contributed by atoms with Crippen molar-refractivity contribution in [2.75, 3.05) is 0 Å². The van der Waals surface area contributed by atoms with Gasteiger partial charge in [-0.05, 0) is 37.0 Å². The lowest BCUT2D eigenvalue weighted by molar-refractivity contribution is 0.467. The molecular weight excluding hydrogens is 240 g/mol. The van der Waals surface area contributed by atoms with E-state index in [1.165, 1.54) is 19.3 Å². The third-order valence-corrected chi connectivity index (χ3v) is 4.81. The van der Waals surface area contributed by atoms with Crippen LogP contribution in [0.5, 0.6) is 0 Å². The van der Waals surface area contributed by atoms with E-state index in [2.05, 4.69) is 25.9 Å². The quantitative estimate of drug-likeness (QED) is 0.826. The topological polar surface area (TPSA) is 28.7 Å². The fourth-order valence-corrected chi connectivity index (χ4v) is 3.56. The van der Waals surface area contributed by atoms with Crippen LogP contribution >= 0.6 is 15.9 Å². The number of fused-ring (bicyclic) bond motifs is 1. The van der Waals surface area contributed by atoms with E-state index in [-0.39, 0.29) is 0 Å². The van der Waals surface area contributed by atoms with Gasteiger partial charge in [-0.2, -0.15) is 0 Å². The second-order valence-electron chi connectivity index (χ2n) is 4.74. The minimum absolute atomic E-state index is 0.626. The number of aromatic amines is 1. The van der Waals surface area contributed by atoms with Crippen molar-refractivity contribution in [1.29, 1.82) is 0 Å². The lowest BCUT2D eigenvalue weighted by Gasteiger charge is -2.17. The molecule has 76 valence electrons. The van der Waals surface area contributed by atoms with Gasteiger partial charge in [0, 0.05) is 23.6 Å². The number of imidazole rings is 1. The lowest BCUT2D eigenvalue weighted by Crippen LogP contribution is -2.16. The van der Waals surface area contributed by atoms with Gasteiger partial charge in [-0.1, -0.05) is 15.9 Å². The SMILES string of the molecule is BrC(Cc1ncc[nH]1)C1CC2CC2C1. The van der Waals surface area contributed by atoms with Gasteiger partial charge in [0.15, 0.2) is 0 Å². The first-order valence-electron chi connectivity index (χ1n) is 5.45. The molecule has 1 aromatic heterocycles. The molecule has 1 N–H and O–H groups in total. The van der Waals surface area contributed by atoms with Crippen molar-refractivity contribution < 1.29 is 0 Å². The molecular formula is C11H15BrN2. The Kier molecular flexibility index (Phi) is 2.15. The number of halogens is 1. The average molecular weight is 255 g/mol. The Morgan fingerprint density at radius 2 is 2.21 bits per heavy atom. The molecule has 2 fully saturated rings. The molecule has 0 bridgehead atoms. The van der Waals surface area contributed by atoms with Gasteiger partial charge in [-0.3, -0.25) is 0 Å². The van der Waals surface area contributed by atoms with Crippen LogP contribution < -0.4 is 0 Å². The van der Waals surface area contributed by atoms with Gasteiger partial charge in [0.1, 0.15) is 5.82 Å². The summed E-state index contributed by atoms with van der Waals surface area (Å²) in [6.07, 6.45) is 9.19. The predicted molar refractivity (Wildman–Crippen MR) is 59.3 cm³/mol. The van der Waals surface area contributed by atoms with E-state index < -0.39 is 0 Å². The van der Waals surface area contributed by atoms with E-state index in [4.69, 9.17) is 0 Å². The minimum Gasteiger partial charge on any atom is -0.349 e. The highest BCUT2D eigenvalue weighted by Crippen LogP contribution is 2.56. The number of nitrogens with zero attached hydrogens (tertiary/aromatic N) is 1. The Labute approximate surface area is 92.6 Å². The van der Waals surface area contributed by atoms with E-state index >= 15 is 0 Å². The van der Waals surface area contributed by atoms with Crippen LogP contribution in [-0.4, -0.2) is 14.8 Å². The molecule has 2 aliphatic rings. The maximum atomic E-state index is 4.27. The molecule has 1 heterocycles. The first-order chi connectivity index (χ1) is 6.83. The van der Waals surface area contributed by atoms with E-state index in [1.807, 2.05) is 12.4 Å². The summed E-state index contributed by atoms with van der Waals surface area (Å²) < 4.78 is 0. The Bertz CT molecular complexity index is 299. The Balaban J connectivity index is 1.58. The molecule has 0 aliphatic heterocycles. The first-order valence-corrected chi connectivity index (χ1v) is 6.37. The molecule has 3 atom stereocenters. The average Bonchev–Trinajstić information content (AvgIpc) is 2.68. The first kappa shape index (κ1) is 8.96. The van der Waals surface area contributed by atoms with E-state index in [1.54, 1.807) is 0 Å². The van der Waals surface area contributed by atoms with Gasteiger partial charge in [-0.15, -0.1) is 0 Å². The number of hydrogen-bond donors (Lipinski definition) is 1. The van der Waals surface area contributed by atoms with Crippen LogP contribution in [0.25, 0.3) is 0 Å². The molecule has 0 saturated heterocycles. The molecule has 0 radical (unpaired) electrons. The molecule has 3 rings (SSSR count). The molecule has 2 nitrogen and oxygen atoms in total. The second-order valence-corrected chi connectivity index (χ2v) is 5.92. The van der Waals surface area contributed by atoms with Crippen molar-refractivity contribution >= 4 is 15.9 Å². The largest absolute Gasteiger partial charge is 0.349 e. The van der Waals surface area contributed by atoms with Gasteiger partial charge < -0.3 is 4.98 Å². The number of H-pyrrole nitrogens is 1. The van der Waals surface area contributed by atoms with E-state index in [0.29, 0.717) is 4.83 Å². The Morgan fingerprint density at radius 3 is 2.86 bits per heavy atom. The summed E-state index contributed by atoms with van der Waals surface area (Å²) >= 11 is 3.81. The van der Waals surface area contributed by atoms with Crippen molar-refractivity contribution in [2.24, 2.45) is 17.8 Å². The minimum atomic E-state index is 0.626. The third-order valence-electron chi connectivity index (χ3n) is 3.73. The van der Waals surface area contributed by atoms with Crippen molar-refractivity contribution in [2.45, 2.75) is 30.5 Å². The zero-order valence-corrected chi connectivity index (χ0v) is 9.70. The number of aromatic nitrogens is 2. The summed E-state index contributed by atoms with van der Waals surface area (Å²) in [4.78, 5) is 8.07. The molecule has 14 heavy (non-hydrogen) atoms. The highest BCUT2D eigenvalue weighted by atomic mass is 79.9. The fraction of sp³-hybridized carbons (Fsp3) is 0.727. The summed E-state index contributed by atoms with van der Waals surface area (Å²) in [5.74, 6) is 4.17. The fourth-order valence-electron chi connectivity index (χ4n) is 2.82. The van der Waals surface area contributed by atoms with Crippen LogP contribution in [0.15, 0.2) is 12.4 Å². The Morgan fingerprint density at radius 1 is 1.43 bits per heavy atom. The highest BCUT2D eigenvalue weighted by molar-refractivity contribution is 9.09. The van der Waals surface area contributed by atoms with Crippen LogP contribution in [-0.2, 0) is 6.42 Å². The summed E-state index contributed by atoms with van der Waals surface area (Å²) in [5.41, 5.74) is 0. The van der Waals surface area contributed by atoms with Crippen LogP contribution in [0.2, 0.25) is 0 Å². The summed E-state index contributed by atoms with van der Waals surface area (Å²) in [6.45, 7) is 0. The molecule has 3 heteroatoms. The molecule has 3 unspecified atom stereocenters. The van der Waals surface area contributed by atoms with Crippen molar-refractivity contribution in [3.63, 3.8) is 0 Å². The van der Waals surface area contributed by atoms with E-state index in [9.17, 15) is 0 Å². The molecule has 0 amide bonds. The van der Waals surface area contributed by atoms with Crippen LogP contribution in [0.1, 0.15) is 25.1 Å². The Hall–Kier alpha value is -0.310. The van der Waals surface area contributed by atoms with Crippen LogP contribution in [0.4, 0.5) is 0 Å². The summed E-state index contributed by atoms with van der Waals surface area (Å²) in [7, 11) is 0. The van der Waals surface area contributed by atoms with Crippen LogP contribution in [0, 0.1) is 17.8 Å². The van der Waals surface area contributed by atoms with Crippen molar-refractivity contribution in [3.8, 4) is 0 Å². The molecule has 0 spiro atoms. The normalized spacial score (nSPS) is 36.8. The number of hydrogen-bond acceptors (Lipinski definition) is 1. The summed E-state index contributed by atoms with van der Waals surface area (Å²) in [5, 5.41) is 0. The van der Waals surface area contributed by atoms with Gasteiger partial charge in [0.2, 0.25) is 0 Å². The molecule has 2 saturated carbocycles. The predicted octanol–water partition coefficient (Wildman–Crippen LogP) is 2.76. The number of rotatable bonds is 3. The van der Waals surface area contributed by atoms with Crippen LogP contribution in [0.3, 0.4) is 0 Å². The smallest absolute Gasteiger partial charge is 0.107 e. The molecule has 1 aromatic rings. The second kappa shape index (κ2) is 3.37. The zero-order chi connectivity index (χ0) is 9.54. The summed E-state index contributed by atoms with van der Waals surface area (Å²) in [6, 6.07) is 0. The lowest BCUT2D eigenvalue weighted by atomic mass is 9.97. The monoisotopic (exact) mass is 254 g/mol. The van der Waals surface area contributed by atoms with E-state index in [0.717, 1.165) is 30.0 Å². The van der Waals surface area contributed by atoms with Gasteiger partial charge in [0.25, 0.3) is 0 Å². The van der Waals surface area contributed by atoms with Crippen molar-refractivity contribution in [3.05, 3.63) is 18.2 Å². The third kappa shape index (κ3) is 1.62. The zero-order valence-electron chi connectivity index (χ0n) is 8.12. The highest BCUT2D eigenvalue weighted by Gasteiger charge is 2.47. The number of alkyl halides is 1. The van der Waals surface area contributed by atoms with Gasteiger partial charge in [-0.25, -0.2) is 4.98 Å². The van der Waals surface area contributed by atoms with Crippen molar-refractivity contribution in [1.82, 2.24) is 9.97 Å². The molecule has 2 aliphatic carbocycles. The molecule has 0 aromatic carbocycles.